The quantitative estimate of drug-likeness (QED) is 0.762. The molecule has 0 saturated heterocycles. The SMILES string of the molecule is CNCC#Cc1ccc2ncc(Cl)nc2c1. The largest absolute Gasteiger partial charge is 0.309 e. The molecule has 2 aromatic rings. The molecule has 80 valence electrons. The lowest BCUT2D eigenvalue weighted by Gasteiger charge is -1.97. The van der Waals surface area contributed by atoms with Crippen LogP contribution in [0.25, 0.3) is 11.0 Å². The number of halogens is 1. The van der Waals surface area contributed by atoms with Crippen LogP contribution >= 0.6 is 11.6 Å². The number of hydrogen-bond donors (Lipinski definition) is 1. The van der Waals surface area contributed by atoms with Crippen LogP contribution in [0.3, 0.4) is 0 Å². The monoisotopic (exact) mass is 231 g/mol. The zero-order chi connectivity index (χ0) is 11.4. The Morgan fingerprint density at radius 3 is 3.06 bits per heavy atom. The first-order valence-corrected chi connectivity index (χ1v) is 5.23. The summed E-state index contributed by atoms with van der Waals surface area (Å²) in [5.41, 5.74) is 2.51. The average molecular weight is 232 g/mol. The van der Waals surface area contributed by atoms with E-state index >= 15 is 0 Å². The summed E-state index contributed by atoms with van der Waals surface area (Å²) in [5.74, 6) is 6.02. The van der Waals surface area contributed by atoms with Gasteiger partial charge in [0.15, 0.2) is 0 Å². The van der Waals surface area contributed by atoms with Crippen LogP contribution in [0, 0.1) is 11.8 Å². The van der Waals surface area contributed by atoms with E-state index in [1.165, 1.54) is 6.20 Å². The lowest BCUT2D eigenvalue weighted by molar-refractivity contribution is 0.938. The van der Waals surface area contributed by atoms with Gasteiger partial charge in [0.05, 0.1) is 23.8 Å². The number of rotatable bonds is 1. The van der Waals surface area contributed by atoms with E-state index in [2.05, 4.69) is 27.1 Å². The summed E-state index contributed by atoms with van der Waals surface area (Å²) in [6.07, 6.45) is 1.54. The normalized spacial score (nSPS) is 9.88. The van der Waals surface area contributed by atoms with Crippen LogP contribution in [0.2, 0.25) is 5.15 Å². The van der Waals surface area contributed by atoms with Crippen molar-refractivity contribution in [3.8, 4) is 11.8 Å². The van der Waals surface area contributed by atoms with Crippen molar-refractivity contribution in [3.63, 3.8) is 0 Å². The van der Waals surface area contributed by atoms with Gasteiger partial charge in [0.1, 0.15) is 5.15 Å². The Morgan fingerprint density at radius 2 is 2.25 bits per heavy atom. The van der Waals surface area contributed by atoms with Gasteiger partial charge < -0.3 is 5.32 Å². The minimum Gasteiger partial charge on any atom is -0.309 e. The van der Waals surface area contributed by atoms with Crippen molar-refractivity contribution in [1.82, 2.24) is 15.3 Å². The second-order valence-corrected chi connectivity index (χ2v) is 3.62. The van der Waals surface area contributed by atoms with Gasteiger partial charge in [-0.3, -0.25) is 4.98 Å². The summed E-state index contributed by atoms with van der Waals surface area (Å²) in [7, 11) is 1.86. The minimum absolute atomic E-state index is 0.396. The summed E-state index contributed by atoms with van der Waals surface area (Å²) >= 11 is 5.78. The highest BCUT2D eigenvalue weighted by Gasteiger charge is 1.98. The molecule has 0 unspecified atom stereocenters. The molecule has 0 bridgehead atoms. The fourth-order valence-corrected chi connectivity index (χ4v) is 1.44. The lowest BCUT2D eigenvalue weighted by atomic mass is 10.2. The van der Waals surface area contributed by atoms with Crippen molar-refractivity contribution in [2.24, 2.45) is 0 Å². The van der Waals surface area contributed by atoms with Crippen LogP contribution in [-0.4, -0.2) is 23.6 Å². The van der Waals surface area contributed by atoms with Crippen molar-refractivity contribution >= 4 is 22.6 Å². The summed E-state index contributed by atoms with van der Waals surface area (Å²) < 4.78 is 0. The van der Waals surface area contributed by atoms with Gasteiger partial charge in [0, 0.05) is 5.56 Å². The molecule has 0 aliphatic heterocycles. The maximum absolute atomic E-state index is 5.78. The number of nitrogens with zero attached hydrogens (tertiary/aromatic N) is 2. The fourth-order valence-electron chi connectivity index (χ4n) is 1.30. The number of benzene rings is 1. The number of nitrogens with one attached hydrogen (secondary N) is 1. The van der Waals surface area contributed by atoms with Crippen molar-refractivity contribution in [3.05, 3.63) is 35.1 Å². The van der Waals surface area contributed by atoms with Gasteiger partial charge >= 0.3 is 0 Å². The second-order valence-electron chi connectivity index (χ2n) is 3.23. The van der Waals surface area contributed by atoms with Gasteiger partial charge in [-0.2, -0.15) is 0 Å². The molecule has 0 fully saturated rings. The number of fused-ring (bicyclic) bond motifs is 1. The summed E-state index contributed by atoms with van der Waals surface area (Å²) in [5, 5.41) is 3.36. The lowest BCUT2D eigenvalue weighted by Crippen LogP contribution is -2.04. The molecule has 0 aliphatic rings. The molecule has 1 heterocycles. The van der Waals surface area contributed by atoms with Crippen LogP contribution < -0.4 is 5.32 Å². The molecular weight excluding hydrogens is 222 g/mol. The molecule has 2 rings (SSSR count). The molecule has 0 saturated carbocycles. The number of aromatic nitrogens is 2. The molecular formula is C12H10ClN3. The van der Waals surface area contributed by atoms with Crippen LogP contribution in [0.4, 0.5) is 0 Å². The molecule has 1 aromatic carbocycles. The summed E-state index contributed by atoms with van der Waals surface area (Å²) in [6, 6.07) is 5.70. The van der Waals surface area contributed by atoms with E-state index in [4.69, 9.17) is 11.6 Å². The van der Waals surface area contributed by atoms with E-state index in [1.807, 2.05) is 25.2 Å². The summed E-state index contributed by atoms with van der Waals surface area (Å²) in [4.78, 5) is 8.35. The Labute approximate surface area is 98.9 Å². The molecule has 0 spiro atoms. The molecule has 3 nitrogen and oxygen atoms in total. The van der Waals surface area contributed by atoms with Gasteiger partial charge in [-0.1, -0.05) is 23.4 Å². The van der Waals surface area contributed by atoms with E-state index in [0.29, 0.717) is 11.7 Å². The molecule has 0 atom stereocenters. The molecule has 4 heteroatoms. The molecule has 0 radical (unpaired) electrons. The molecule has 1 aromatic heterocycles. The van der Waals surface area contributed by atoms with E-state index in [0.717, 1.165) is 16.6 Å². The smallest absolute Gasteiger partial charge is 0.148 e. The van der Waals surface area contributed by atoms with Gasteiger partial charge in [0.25, 0.3) is 0 Å². The third kappa shape index (κ3) is 2.48. The van der Waals surface area contributed by atoms with Gasteiger partial charge in [-0.15, -0.1) is 0 Å². The summed E-state index contributed by atoms with van der Waals surface area (Å²) in [6.45, 7) is 0.666. The van der Waals surface area contributed by atoms with Crippen LogP contribution in [-0.2, 0) is 0 Å². The third-order valence-corrected chi connectivity index (χ3v) is 2.19. The number of hydrogen-bond acceptors (Lipinski definition) is 3. The zero-order valence-corrected chi connectivity index (χ0v) is 9.54. The Bertz CT molecular complexity index is 569. The molecule has 0 aliphatic carbocycles. The van der Waals surface area contributed by atoms with E-state index in [1.54, 1.807) is 0 Å². The molecule has 16 heavy (non-hydrogen) atoms. The van der Waals surface area contributed by atoms with E-state index in [-0.39, 0.29) is 0 Å². The predicted molar refractivity (Wildman–Crippen MR) is 65.4 cm³/mol. The first-order valence-electron chi connectivity index (χ1n) is 4.85. The third-order valence-electron chi connectivity index (χ3n) is 2.01. The average Bonchev–Trinajstić information content (AvgIpc) is 2.29. The van der Waals surface area contributed by atoms with Crippen molar-refractivity contribution in [2.45, 2.75) is 0 Å². The topological polar surface area (TPSA) is 37.8 Å². The first-order chi connectivity index (χ1) is 7.79. The van der Waals surface area contributed by atoms with Crippen LogP contribution in [0.5, 0.6) is 0 Å². The Morgan fingerprint density at radius 1 is 1.38 bits per heavy atom. The molecule has 1 N–H and O–H groups in total. The van der Waals surface area contributed by atoms with Crippen LogP contribution in [0.1, 0.15) is 5.56 Å². The van der Waals surface area contributed by atoms with Gasteiger partial charge in [0.2, 0.25) is 0 Å². The maximum atomic E-state index is 5.78. The van der Waals surface area contributed by atoms with Gasteiger partial charge in [-0.05, 0) is 25.2 Å². The maximum Gasteiger partial charge on any atom is 0.148 e. The highest BCUT2D eigenvalue weighted by molar-refractivity contribution is 6.29. The Kier molecular flexibility index (Phi) is 3.35. The minimum atomic E-state index is 0.396. The Hall–Kier alpha value is -1.63. The fraction of sp³-hybridized carbons (Fsp3) is 0.167. The van der Waals surface area contributed by atoms with Crippen LogP contribution in [0.15, 0.2) is 24.4 Å². The van der Waals surface area contributed by atoms with E-state index < -0.39 is 0 Å². The second kappa shape index (κ2) is 4.93. The zero-order valence-electron chi connectivity index (χ0n) is 8.79. The standard InChI is InChI=1S/C12H10ClN3/c1-14-6-2-3-9-4-5-10-11(7-9)16-12(13)8-15-10/h4-5,7-8,14H,6H2,1H3. The van der Waals surface area contributed by atoms with Crippen molar-refractivity contribution < 1.29 is 0 Å². The highest BCUT2D eigenvalue weighted by Crippen LogP contribution is 2.13. The highest BCUT2D eigenvalue weighted by atomic mass is 35.5. The molecule has 0 amide bonds. The van der Waals surface area contributed by atoms with E-state index in [9.17, 15) is 0 Å². The first kappa shape index (κ1) is 10.9. The van der Waals surface area contributed by atoms with Crippen molar-refractivity contribution in [1.29, 1.82) is 0 Å². The Balaban J connectivity index is 2.40. The van der Waals surface area contributed by atoms with Crippen molar-refractivity contribution in [2.75, 3.05) is 13.6 Å². The van der Waals surface area contributed by atoms with Gasteiger partial charge in [-0.25, -0.2) is 4.98 Å². The predicted octanol–water partition coefficient (Wildman–Crippen LogP) is 1.85.